The van der Waals surface area contributed by atoms with Gasteiger partial charge in [-0.05, 0) is 18.1 Å². The maximum atomic E-state index is 12.3. The molecule has 24 heavy (non-hydrogen) atoms. The molecule has 3 heteroatoms. The first-order chi connectivity index (χ1) is 11.6. The number of hydrogen-bond donors (Lipinski definition) is 0. The highest BCUT2D eigenvalue weighted by atomic mass is 35.7. The highest BCUT2D eigenvalue weighted by Gasteiger charge is 2.19. The smallest absolute Gasteiger partial charge is 0.177 e. The van der Waals surface area contributed by atoms with Crippen LogP contribution < -0.4 is 0 Å². The van der Waals surface area contributed by atoms with Gasteiger partial charge in [-0.15, -0.1) is 0 Å². The molecule has 0 aliphatic heterocycles. The van der Waals surface area contributed by atoms with Crippen LogP contribution in [0.1, 0.15) is 16.7 Å². The predicted octanol–water partition coefficient (Wildman–Crippen LogP) is 6.90. The molecule has 3 rings (SSSR count). The van der Waals surface area contributed by atoms with Crippen molar-refractivity contribution in [3.8, 4) is 0 Å². The van der Waals surface area contributed by atoms with Crippen molar-refractivity contribution in [1.29, 1.82) is 0 Å². The van der Waals surface area contributed by atoms with E-state index in [0.29, 0.717) is 12.3 Å². The molecule has 0 spiro atoms. The van der Waals surface area contributed by atoms with Crippen molar-refractivity contribution >= 4 is 17.7 Å². The molecule has 124 valence electrons. The zero-order valence-electron chi connectivity index (χ0n) is 13.8. The van der Waals surface area contributed by atoms with Gasteiger partial charge in [0.25, 0.3) is 0 Å². The highest BCUT2D eigenvalue weighted by Crippen LogP contribution is 2.56. The quantitative estimate of drug-likeness (QED) is 0.465. The molecule has 0 atom stereocenters. The highest BCUT2D eigenvalue weighted by molar-refractivity contribution is 7.87. The van der Waals surface area contributed by atoms with Gasteiger partial charge in [0.15, 0.2) is 6.49 Å². The molecule has 0 aliphatic rings. The Kier molecular flexibility index (Phi) is 7.31. The summed E-state index contributed by atoms with van der Waals surface area (Å²) in [5.74, 6) is 0. The fourth-order valence-electron chi connectivity index (χ4n) is 2.30. The summed E-state index contributed by atoms with van der Waals surface area (Å²) in [7, 11) is 0. The van der Waals surface area contributed by atoms with Gasteiger partial charge in [0.2, 0.25) is 0 Å². The number of aryl methyl sites for hydroxylation is 1. The van der Waals surface area contributed by atoms with Crippen molar-refractivity contribution in [3.63, 3.8) is 0 Å². The minimum absolute atomic E-state index is 0.449. The van der Waals surface area contributed by atoms with Crippen LogP contribution in [0.4, 0.5) is 0 Å². The van der Waals surface area contributed by atoms with E-state index in [4.69, 9.17) is 11.2 Å². The zero-order chi connectivity index (χ0) is 17.3. The second-order valence-corrected chi connectivity index (χ2v) is 9.79. The normalized spacial score (nSPS) is 10.6. The first-order valence-corrected chi connectivity index (χ1v) is 10.9. The van der Waals surface area contributed by atoms with Gasteiger partial charge < -0.3 is 4.57 Å². The molecule has 0 amide bonds. The monoisotopic (exact) mass is 356 g/mol. The van der Waals surface area contributed by atoms with Crippen LogP contribution in [-0.4, -0.2) is 0 Å². The average Bonchev–Trinajstić information content (AvgIpc) is 2.57. The lowest BCUT2D eigenvalue weighted by Crippen LogP contribution is -1.88. The second kappa shape index (κ2) is 9.47. The fourth-order valence-corrected chi connectivity index (χ4v) is 4.75. The van der Waals surface area contributed by atoms with E-state index in [-0.39, 0.29) is 0 Å². The summed E-state index contributed by atoms with van der Waals surface area (Å²) in [6, 6.07) is 29.7. The Hall–Kier alpha value is -1.82. The molecule has 3 aromatic carbocycles. The van der Waals surface area contributed by atoms with Gasteiger partial charge >= 0.3 is 0 Å². The maximum Gasteiger partial charge on any atom is 0.177 e. The van der Waals surface area contributed by atoms with E-state index in [9.17, 15) is 4.57 Å². The third-order valence-corrected chi connectivity index (χ3v) is 5.86. The Labute approximate surface area is 149 Å². The summed E-state index contributed by atoms with van der Waals surface area (Å²) >= 11 is 6.16. The molecule has 0 N–H and O–H groups in total. The SMILES string of the molecule is Cc1ccccc1.O=P(Cl)(Cc1ccccc1)Cc1ccccc1. The molecule has 0 saturated heterocycles. The van der Waals surface area contributed by atoms with Crippen LogP contribution in [-0.2, 0) is 16.9 Å². The molecule has 0 saturated carbocycles. The third kappa shape index (κ3) is 7.17. The van der Waals surface area contributed by atoms with Crippen molar-refractivity contribution in [1.82, 2.24) is 0 Å². The molecule has 0 heterocycles. The van der Waals surface area contributed by atoms with Crippen LogP contribution in [0.5, 0.6) is 0 Å². The van der Waals surface area contributed by atoms with Crippen LogP contribution in [0.3, 0.4) is 0 Å². The van der Waals surface area contributed by atoms with Crippen LogP contribution in [0.2, 0.25) is 0 Å². The lowest BCUT2D eigenvalue weighted by atomic mass is 10.2. The lowest BCUT2D eigenvalue weighted by Gasteiger charge is -2.10. The first kappa shape index (κ1) is 18.5. The molecule has 0 unspecified atom stereocenters. The van der Waals surface area contributed by atoms with Crippen molar-refractivity contribution in [3.05, 3.63) is 108 Å². The van der Waals surface area contributed by atoms with Crippen molar-refractivity contribution < 1.29 is 4.57 Å². The van der Waals surface area contributed by atoms with Crippen LogP contribution in [0, 0.1) is 6.92 Å². The van der Waals surface area contributed by atoms with Gasteiger partial charge in [0.05, 0.1) is 0 Å². The average molecular weight is 357 g/mol. The number of halogens is 1. The van der Waals surface area contributed by atoms with Gasteiger partial charge in [0.1, 0.15) is 0 Å². The van der Waals surface area contributed by atoms with E-state index in [1.807, 2.05) is 78.9 Å². The molecule has 0 fully saturated rings. The summed E-state index contributed by atoms with van der Waals surface area (Å²) in [4.78, 5) is 0. The van der Waals surface area contributed by atoms with Gasteiger partial charge in [-0.25, -0.2) is 0 Å². The van der Waals surface area contributed by atoms with Gasteiger partial charge in [0, 0.05) is 12.3 Å². The topological polar surface area (TPSA) is 17.1 Å². The van der Waals surface area contributed by atoms with Crippen LogP contribution >= 0.6 is 17.7 Å². The maximum absolute atomic E-state index is 12.3. The van der Waals surface area contributed by atoms with E-state index in [1.54, 1.807) is 0 Å². The molecule has 0 radical (unpaired) electrons. The lowest BCUT2D eigenvalue weighted by molar-refractivity contribution is 0.583. The zero-order valence-corrected chi connectivity index (χ0v) is 15.5. The molecule has 1 nitrogen and oxygen atoms in total. The van der Waals surface area contributed by atoms with Gasteiger partial charge in [-0.1, -0.05) is 108 Å². The summed E-state index contributed by atoms with van der Waals surface area (Å²) in [5, 5.41) is 0. The molecule has 3 aromatic rings. The number of hydrogen-bond acceptors (Lipinski definition) is 1. The van der Waals surface area contributed by atoms with E-state index in [1.165, 1.54) is 5.56 Å². The minimum atomic E-state index is -2.66. The summed E-state index contributed by atoms with van der Waals surface area (Å²) in [6.45, 7) is -0.581. The summed E-state index contributed by atoms with van der Waals surface area (Å²) < 4.78 is 12.3. The van der Waals surface area contributed by atoms with Gasteiger partial charge in [-0.3, -0.25) is 0 Å². The Morgan fingerprint density at radius 3 is 1.29 bits per heavy atom. The van der Waals surface area contributed by atoms with Crippen LogP contribution in [0.15, 0.2) is 91.0 Å². The Balaban J connectivity index is 0.000000249. The molecule has 0 aliphatic carbocycles. The van der Waals surface area contributed by atoms with Crippen molar-refractivity contribution in [2.24, 2.45) is 0 Å². The molecule has 0 aromatic heterocycles. The van der Waals surface area contributed by atoms with Gasteiger partial charge in [-0.2, -0.15) is 0 Å². The summed E-state index contributed by atoms with van der Waals surface area (Å²) in [5.41, 5.74) is 3.38. The van der Waals surface area contributed by atoms with Crippen molar-refractivity contribution in [2.75, 3.05) is 0 Å². The van der Waals surface area contributed by atoms with E-state index in [2.05, 4.69) is 19.1 Å². The number of benzene rings is 3. The van der Waals surface area contributed by atoms with Crippen molar-refractivity contribution in [2.45, 2.75) is 19.2 Å². The molecule has 0 bridgehead atoms. The standard InChI is InChI=1S/C14H14ClOP.C7H8/c15-17(16,11-13-7-3-1-4-8-13)12-14-9-5-2-6-10-14;1-7-5-3-2-4-6-7/h1-10H,11-12H2;2-6H,1H3. The Morgan fingerprint density at radius 2 is 1.00 bits per heavy atom. The largest absolute Gasteiger partial charge is 0.306 e. The first-order valence-electron chi connectivity index (χ1n) is 7.92. The van der Waals surface area contributed by atoms with E-state index < -0.39 is 6.49 Å². The van der Waals surface area contributed by atoms with E-state index >= 15 is 0 Å². The Morgan fingerprint density at radius 1 is 0.667 bits per heavy atom. The molecular formula is C21H22ClOP. The Bertz CT molecular complexity index is 712. The van der Waals surface area contributed by atoms with Crippen LogP contribution in [0.25, 0.3) is 0 Å². The minimum Gasteiger partial charge on any atom is -0.306 e. The fraction of sp³-hybridized carbons (Fsp3) is 0.143. The predicted molar refractivity (Wildman–Crippen MR) is 105 cm³/mol. The van der Waals surface area contributed by atoms with E-state index in [0.717, 1.165) is 11.1 Å². The molecular weight excluding hydrogens is 335 g/mol. The second-order valence-electron chi connectivity index (χ2n) is 5.73. The third-order valence-electron chi connectivity index (χ3n) is 3.46. The number of rotatable bonds is 4. The summed E-state index contributed by atoms with van der Waals surface area (Å²) in [6.07, 6.45) is 0.897.